The van der Waals surface area contributed by atoms with Crippen molar-refractivity contribution in [1.29, 1.82) is 0 Å². The van der Waals surface area contributed by atoms with Crippen molar-refractivity contribution in [3.05, 3.63) is 28.5 Å². The Balaban J connectivity index is 2.68. The molecular weight excluding hydrogens is 363 g/mol. The number of benzene rings is 1. The molecule has 0 heterocycles. The van der Waals surface area contributed by atoms with E-state index in [1.807, 2.05) is 13.8 Å². The molecule has 1 aromatic carbocycles. The standard InChI is InChI=1S/C13H18BrFN2O3S/c1-3-17(4-2)13(18)7-8-16-21(19,20)12-6-5-10(15)9-11(12)14/h5-6,9,16H,3-4,7-8H2,1-2H3. The lowest BCUT2D eigenvalue weighted by Crippen LogP contribution is -2.34. The van der Waals surface area contributed by atoms with Crippen molar-refractivity contribution < 1.29 is 17.6 Å². The van der Waals surface area contributed by atoms with Crippen molar-refractivity contribution in [2.24, 2.45) is 0 Å². The predicted molar refractivity (Wildman–Crippen MR) is 81.8 cm³/mol. The van der Waals surface area contributed by atoms with Gasteiger partial charge in [-0.05, 0) is 48.0 Å². The smallest absolute Gasteiger partial charge is 0.241 e. The van der Waals surface area contributed by atoms with E-state index in [-0.39, 0.29) is 28.2 Å². The van der Waals surface area contributed by atoms with Gasteiger partial charge in [-0.1, -0.05) is 0 Å². The van der Waals surface area contributed by atoms with Gasteiger partial charge in [-0.3, -0.25) is 4.79 Å². The van der Waals surface area contributed by atoms with Crippen molar-refractivity contribution in [3.63, 3.8) is 0 Å². The van der Waals surface area contributed by atoms with Gasteiger partial charge in [-0.25, -0.2) is 17.5 Å². The SMILES string of the molecule is CCN(CC)C(=O)CCNS(=O)(=O)c1ccc(F)cc1Br. The van der Waals surface area contributed by atoms with Gasteiger partial charge in [0.05, 0.1) is 4.90 Å². The highest BCUT2D eigenvalue weighted by Crippen LogP contribution is 2.22. The first kappa shape index (κ1) is 18.1. The second-order valence-corrected chi connectivity index (χ2v) is 6.88. The first-order chi connectivity index (χ1) is 9.81. The van der Waals surface area contributed by atoms with Crippen LogP contribution in [0, 0.1) is 5.82 Å². The predicted octanol–water partition coefficient (Wildman–Crippen LogP) is 2.12. The number of hydrogen-bond donors (Lipinski definition) is 1. The van der Waals surface area contributed by atoms with Gasteiger partial charge in [0.15, 0.2) is 0 Å². The number of nitrogens with zero attached hydrogens (tertiary/aromatic N) is 1. The highest BCUT2D eigenvalue weighted by atomic mass is 79.9. The molecule has 8 heteroatoms. The van der Waals surface area contributed by atoms with E-state index in [4.69, 9.17) is 0 Å². The quantitative estimate of drug-likeness (QED) is 0.787. The number of nitrogens with one attached hydrogen (secondary N) is 1. The van der Waals surface area contributed by atoms with Gasteiger partial charge in [0.2, 0.25) is 15.9 Å². The Bertz CT molecular complexity index is 603. The number of carbonyl (C=O) groups is 1. The van der Waals surface area contributed by atoms with Crippen molar-refractivity contribution in [3.8, 4) is 0 Å². The highest BCUT2D eigenvalue weighted by molar-refractivity contribution is 9.10. The van der Waals surface area contributed by atoms with Crippen LogP contribution in [0.4, 0.5) is 4.39 Å². The summed E-state index contributed by atoms with van der Waals surface area (Å²) in [6.07, 6.45) is 0.0831. The van der Waals surface area contributed by atoms with Crippen LogP contribution >= 0.6 is 15.9 Å². The maximum atomic E-state index is 13.0. The van der Waals surface area contributed by atoms with E-state index in [0.717, 1.165) is 12.1 Å². The summed E-state index contributed by atoms with van der Waals surface area (Å²) in [5.41, 5.74) is 0. The minimum atomic E-state index is -3.78. The number of hydrogen-bond acceptors (Lipinski definition) is 3. The molecule has 0 aliphatic rings. The molecule has 0 aliphatic carbocycles. The summed E-state index contributed by atoms with van der Waals surface area (Å²) in [6.45, 7) is 4.90. The van der Waals surface area contributed by atoms with E-state index in [2.05, 4.69) is 20.7 Å². The van der Waals surface area contributed by atoms with Crippen LogP contribution in [0.25, 0.3) is 0 Å². The minimum absolute atomic E-state index is 0.00147. The van der Waals surface area contributed by atoms with E-state index < -0.39 is 15.8 Å². The monoisotopic (exact) mass is 380 g/mol. The number of rotatable bonds is 7. The Hall–Kier alpha value is -0.990. The molecule has 0 aliphatic heterocycles. The molecule has 0 fully saturated rings. The molecule has 1 amide bonds. The average Bonchev–Trinajstić information content (AvgIpc) is 2.39. The van der Waals surface area contributed by atoms with Crippen LogP contribution in [0.5, 0.6) is 0 Å². The minimum Gasteiger partial charge on any atom is -0.343 e. The third kappa shape index (κ3) is 5.05. The van der Waals surface area contributed by atoms with Crippen LogP contribution in [-0.2, 0) is 14.8 Å². The normalized spacial score (nSPS) is 11.4. The Morgan fingerprint density at radius 2 is 1.95 bits per heavy atom. The molecule has 118 valence electrons. The lowest BCUT2D eigenvalue weighted by Gasteiger charge is -2.18. The molecule has 0 radical (unpaired) electrons. The van der Waals surface area contributed by atoms with Gasteiger partial charge in [-0.2, -0.15) is 0 Å². The second-order valence-electron chi connectivity index (χ2n) is 4.29. The van der Waals surface area contributed by atoms with Gasteiger partial charge in [0, 0.05) is 30.5 Å². The Labute approximate surface area is 132 Å². The molecule has 1 N–H and O–H groups in total. The highest BCUT2D eigenvalue weighted by Gasteiger charge is 2.18. The fourth-order valence-corrected chi connectivity index (χ4v) is 3.88. The second kappa shape index (κ2) is 7.86. The Morgan fingerprint density at radius 3 is 2.48 bits per heavy atom. The molecule has 0 spiro atoms. The maximum absolute atomic E-state index is 13.0. The summed E-state index contributed by atoms with van der Waals surface area (Å²) in [4.78, 5) is 13.3. The van der Waals surface area contributed by atoms with Gasteiger partial charge in [-0.15, -0.1) is 0 Å². The van der Waals surface area contributed by atoms with Crippen LogP contribution < -0.4 is 4.72 Å². The van der Waals surface area contributed by atoms with Crippen molar-refractivity contribution in [1.82, 2.24) is 9.62 Å². The van der Waals surface area contributed by atoms with E-state index in [0.29, 0.717) is 13.1 Å². The van der Waals surface area contributed by atoms with Gasteiger partial charge < -0.3 is 4.90 Å². The molecule has 0 atom stereocenters. The summed E-state index contributed by atoms with van der Waals surface area (Å²) in [5, 5.41) is 0. The maximum Gasteiger partial charge on any atom is 0.241 e. The average molecular weight is 381 g/mol. The summed E-state index contributed by atoms with van der Waals surface area (Å²) < 4.78 is 39.6. The molecule has 5 nitrogen and oxygen atoms in total. The number of sulfonamides is 1. The van der Waals surface area contributed by atoms with Crippen molar-refractivity contribution >= 4 is 31.9 Å². The zero-order valence-electron chi connectivity index (χ0n) is 11.9. The lowest BCUT2D eigenvalue weighted by molar-refractivity contribution is -0.130. The van der Waals surface area contributed by atoms with Gasteiger partial charge in [0.1, 0.15) is 5.82 Å². The summed E-state index contributed by atoms with van der Waals surface area (Å²) >= 11 is 3.02. The van der Waals surface area contributed by atoms with Gasteiger partial charge >= 0.3 is 0 Å². The van der Waals surface area contributed by atoms with E-state index in [9.17, 15) is 17.6 Å². The lowest BCUT2D eigenvalue weighted by atomic mass is 10.3. The van der Waals surface area contributed by atoms with Crippen LogP contribution in [0.15, 0.2) is 27.6 Å². The zero-order chi connectivity index (χ0) is 16.0. The van der Waals surface area contributed by atoms with Crippen LogP contribution in [0.3, 0.4) is 0 Å². The fourth-order valence-electron chi connectivity index (χ4n) is 1.80. The summed E-state index contributed by atoms with van der Waals surface area (Å²) in [5.74, 6) is -0.640. The summed E-state index contributed by atoms with van der Waals surface area (Å²) in [6, 6.07) is 3.32. The largest absolute Gasteiger partial charge is 0.343 e. The van der Waals surface area contributed by atoms with Gasteiger partial charge in [0.25, 0.3) is 0 Å². The number of carbonyl (C=O) groups excluding carboxylic acids is 1. The number of amides is 1. The first-order valence-corrected chi connectivity index (χ1v) is 8.82. The molecule has 1 rings (SSSR count). The van der Waals surface area contributed by atoms with Crippen LogP contribution in [0.1, 0.15) is 20.3 Å². The van der Waals surface area contributed by atoms with Crippen molar-refractivity contribution in [2.45, 2.75) is 25.2 Å². The molecule has 0 saturated carbocycles. The van der Waals surface area contributed by atoms with E-state index in [1.54, 1.807) is 4.90 Å². The molecule has 0 bridgehead atoms. The number of halogens is 2. The fraction of sp³-hybridized carbons (Fsp3) is 0.462. The van der Waals surface area contributed by atoms with E-state index in [1.165, 1.54) is 6.07 Å². The molecule has 0 aromatic heterocycles. The summed E-state index contributed by atoms with van der Waals surface area (Å²) in [7, 11) is -3.78. The third-order valence-corrected chi connectivity index (χ3v) is 5.37. The Morgan fingerprint density at radius 1 is 1.33 bits per heavy atom. The third-order valence-electron chi connectivity index (χ3n) is 2.93. The topological polar surface area (TPSA) is 66.5 Å². The molecule has 1 aromatic rings. The molecule has 0 saturated heterocycles. The molecular formula is C13H18BrFN2O3S. The molecule has 21 heavy (non-hydrogen) atoms. The first-order valence-electron chi connectivity index (χ1n) is 6.54. The zero-order valence-corrected chi connectivity index (χ0v) is 14.3. The van der Waals surface area contributed by atoms with E-state index >= 15 is 0 Å². The van der Waals surface area contributed by atoms with Crippen LogP contribution in [-0.4, -0.2) is 38.9 Å². The molecule has 0 unspecified atom stereocenters. The Kier molecular flexibility index (Phi) is 6.76. The van der Waals surface area contributed by atoms with Crippen molar-refractivity contribution in [2.75, 3.05) is 19.6 Å². The van der Waals surface area contributed by atoms with Crippen LogP contribution in [0.2, 0.25) is 0 Å².